The van der Waals surface area contributed by atoms with Gasteiger partial charge >= 0.3 is 0 Å². The minimum absolute atomic E-state index is 0.0340. The smallest absolute Gasteiger partial charge is 0.255 e. The Morgan fingerprint density at radius 3 is 2.44 bits per heavy atom. The molecule has 2 N–H and O–H groups in total. The highest BCUT2D eigenvalue weighted by molar-refractivity contribution is 6.05. The first-order valence-corrected chi connectivity index (χ1v) is 10.5. The Labute approximate surface area is 186 Å². The number of carbonyl (C=O) groups is 2. The number of anilines is 2. The zero-order chi connectivity index (χ0) is 22.5. The van der Waals surface area contributed by atoms with Gasteiger partial charge in [-0.3, -0.25) is 14.6 Å². The van der Waals surface area contributed by atoms with Crippen molar-refractivity contribution in [2.45, 2.75) is 20.0 Å². The second-order valence-electron chi connectivity index (χ2n) is 7.86. The molecule has 0 bridgehead atoms. The molecule has 32 heavy (non-hydrogen) atoms. The maximum atomic E-state index is 12.7. The third kappa shape index (κ3) is 5.24. The first kappa shape index (κ1) is 21.4. The summed E-state index contributed by atoms with van der Waals surface area (Å²) < 4.78 is 11.2. The summed E-state index contributed by atoms with van der Waals surface area (Å²) in [6, 6.07) is 15.8. The molecule has 1 fully saturated rings. The van der Waals surface area contributed by atoms with E-state index in [0.717, 1.165) is 12.0 Å². The molecule has 2 atom stereocenters. The lowest BCUT2D eigenvalue weighted by molar-refractivity contribution is -0.117. The molecule has 7 nitrogen and oxygen atoms in total. The highest BCUT2D eigenvalue weighted by atomic mass is 16.5. The molecule has 0 radical (unpaired) electrons. The van der Waals surface area contributed by atoms with Gasteiger partial charge in [0.05, 0.1) is 7.11 Å². The van der Waals surface area contributed by atoms with E-state index in [0.29, 0.717) is 41.0 Å². The number of hydrogen-bond acceptors (Lipinski definition) is 5. The van der Waals surface area contributed by atoms with Gasteiger partial charge in [0.2, 0.25) is 5.91 Å². The second-order valence-corrected chi connectivity index (χ2v) is 7.86. The van der Waals surface area contributed by atoms with Crippen LogP contribution in [0.1, 0.15) is 29.3 Å². The van der Waals surface area contributed by atoms with Crippen LogP contribution in [0.5, 0.6) is 11.5 Å². The summed E-state index contributed by atoms with van der Waals surface area (Å²) in [7, 11) is 1.56. The summed E-state index contributed by atoms with van der Waals surface area (Å²) in [4.78, 5) is 28.8. The Bertz CT molecular complexity index is 1100. The Morgan fingerprint density at radius 2 is 1.78 bits per heavy atom. The van der Waals surface area contributed by atoms with E-state index in [1.165, 1.54) is 0 Å². The second kappa shape index (κ2) is 9.51. The molecule has 7 heteroatoms. The standard InChI is InChI=1S/C25H25N3O4/c1-16-12-21(16)25(30)27-19-7-5-18(6-8-19)24(29)28-20-9-10-22(31-2)23(13-20)32-15-17-4-3-11-26-14-17/h3-11,13-14,16,21H,12,15H2,1-2H3,(H,27,30)(H,28,29). The van der Waals surface area contributed by atoms with Crippen molar-refractivity contribution in [3.63, 3.8) is 0 Å². The molecule has 0 aliphatic heterocycles. The van der Waals surface area contributed by atoms with Gasteiger partial charge in [0, 0.05) is 46.9 Å². The molecule has 3 aromatic rings. The van der Waals surface area contributed by atoms with Crippen LogP contribution in [0.2, 0.25) is 0 Å². The number of hydrogen-bond donors (Lipinski definition) is 2. The topological polar surface area (TPSA) is 89.6 Å². The Balaban J connectivity index is 1.39. The fourth-order valence-electron chi connectivity index (χ4n) is 3.34. The summed E-state index contributed by atoms with van der Waals surface area (Å²) in [6.45, 7) is 2.39. The summed E-state index contributed by atoms with van der Waals surface area (Å²) in [6.07, 6.45) is 4.37. The number of aromatic nitrogens is 1. The first-order chi connectivity index (χ1) is 15.5. The van der Waals surface area contributed by atoms with Crippen molar-refractivity contribution in [3.8, 4) is 11.5 Å². The SMILES string of the molecule is COc1ccc(NC(=O)c2ccc(NC(=O)C3CC3C)cc2)cc1OCc1cccnc1. The number of ether oxygens (including phenoxy) is 2. The van der Waals surface area contributed by atoms with Gasteiger partial charge < -0.3 is 20.1 Å². The molecule has 164 valence electrons. The highest BCUT2D eigenvalue weighted by Gasteiger charge is 2.39. The van der Waals surface area contributed by atoms with Gasteiger partial charge in [-0.05, 0) is 54.8 Å². The van der Waals surface area contributed by atoms with E-state index in [1.807, 2.05) is 12.1 Å². The molecule has 0 saturated heterocycles. The third-order valence-corrected chi connectivity index (χ3v) is 5.40. The van der Waals surface area contributed by atoms with Crippen molar-refractivity contribution in [2.24, 2.45) is 11.8 Å². The van der Waals surface area contributed by atoms with Crippen molar-refractivity contribution in [3.05, 3.63) is 78.1 Å². The molecule has 2 aromatic carbocycles. The highest BCUT2D eigenvalue weighted by Crippen LogP contribution is 2.38. The normalized spacial score (nSPS) is 16.7. The number of amides is 2. The molecule has 4 rings (SSSR count). The number of rotatable bonds is 8. The molecule has 2 amide bonds. The number of pyridine rings is 1. The number of nitrogens with one attached hydrogen (secondary N) is 2. The Kier molecular flexibility index (Phi) is 6.35. The fourth-order valence-corrected chi connectivity index (χ4v) is 3.34. The molecular weight excluding hydrogens is 406 g/mol. The van der Waals surface area contributed by atoms with Crippen LogP contribution in [0, 0.1) is 11.8 Å². The van der Waals surface area contributed by atoms with E-state index >= 15 is 0 Å². The molecular formula is C25H25N3O4. The van der Waals surface area contributed by atoms with Gasteiger partial charge in [-0.2, -0.15) is 0 Å². The van der Waals surface area contributed by atoms with E-state index in [4.69, 9.17) is 9.47 Å². The van der Waals surface area contributed by atoms with E-state index in [9.17, 15) is 9.59 Å². The quantitative estimate of drug-likeness (QED) is 0.548. The summed E-state index contributed by atoms with van der Waals surface area (Å²) in [5.41, 5.74) is 2.67. The van der Waals surface area contributed by atoms with Crippen LogP contribution in [0.25, 0.3) is 0 Å². The van der Waals surface area contributed by atoms with Gasteiger partial charge in [-0.1, -0.05) is 13.0 Å². The fraction of sp³-hybridized carbons (Fsp3) is 0.240. The minimum Gasteiger partial charge on any atom is -0.493 e. The first-order valence-electron chi connectivity index (χ1n) is 10.5. The van der Waals surface area contributed by atoms with Gasteiger partial charge in [-0.15, -0.1) is 0 Å². The average Bonchev–Trinajstić information content (AvgIpc) is 3.55. The molecule has 1 saturated carbocycles. The number of benzene rings is 2. The Morgan fingerprint density at radius 1 is 1.03 bits per heavy atom. The van der Waals surface area contributed by atoms with E-state index in [-0.39, 0.29) is 17.7 Å². The molecule has 0 spiro atoms. The Hall–Kier alpha value is -3.87. The number of carbonyl (C=O) groups excluding carboxylic acids is 2. The van der Waals surface area contributed by atoms with Crippen LogP contribution in [-0.2, 0) is 11.4 Å². The number of nitrogens with zero attached hydrogens (tertiary/aromatic N) is 1. The van der Waals surface area contributed by atoms with Crippen molar-refractivity contribution in [2.75, 3.05) is 17.7 Å². The summed E-state index contributed by atoms with van der Waals surface area (Å²) in [5, 5.41) is 5.76. The predicted molar refractivity (Wildman–Crippen MR) is 122 cm³/mol. The van der Waals surface area contributed by atoms with Crippen LogP contribution >= 0.6 is 0 Å². The largest absolute Gasteiger partial charge is 0.493 e. The minimum atomic E-state index is -0.262. The summed E-state index contributed by atoms with van der Waals surface area (Å²) >= 11 is 0. The zero-order valence-electron chi connectivity index (χ0n) is 18.0. The molecule has 1 aliphatic rings. The lowest BCUT2D eigenvalue weighted by atomic mass is 10.1. The van der Waals surface area contributed by atoms with Gasteiger partial charge in [0.15, 0.2) is 11.5 Å². The van der Waals surface area contributed by atoms with Crippen LogP contribution < -0.4 is 20.1 Å². The molecule has 2 unspecified atom stereocenters. The monoisotopic (exact) mass is 431 g/mol. The lowest BCUT2D eigenvalue weighted by Crippen LogP contribution is -2.15. The van der Waals surface area contributed by atoms with Crippen LogP contribution in [0.3, 0.4) is 0 Å². The van der Waals surface area contributed by atoms with Crippen LogP contribution in [0.15, 0.2) is 67.0 Å². The molecule has 1 aromatic heterocycles. The maximum Gasteiger partial charge on any atom is 0.255 e. The van der Waals surface area contributed by atoms with Crippen LogP contribution in [0.4, 0.5) is 11.4 Å². The zero-order valence-corrected chi connectivity index (χ0v) is 18.0. The van der Waals surface area contributed by atoms with E-state index < -0.39 is 0 Å². The van der Waals surface area contributed by atoms with Crippen molar-refractivity contribution >= 4 is 23.2 Å². The predicted octanol–water partition coefficient (Wildman–Crippen LogP) is 4.52. The van der Waals surface area contributed by atoms with Gasteiger partial charge in [0.1, 0.15) is 6.61 Å². The molecule has 1 heterocycles. The van der Waals surface area contributed by atoms with Crippen LogP contribution in [-0.4, -0.2) is 23.9 Å². The summed E-state index contributed by atoms with van der Waals surface area (Å²) in [5.74, 6) is 1.40. The van der Waals surface area contributed by atoms with E-state index in [1.54, 1.807) is 62.0 Å². The van der Waals surface area contributed by atoms with Crippen molar-refractivity contribution < 1.29 is 19.1 Å². The van der Waals surface area contributed by atoms with Gasteiger partial charge in [-0.25, -0.2) is 0 Å². The lowest BCUT2D eigenvalue weighted by Gasteiger charge is -2.13. The number of methoxy groups -OCH3 is 1. The average molecular weight is 431 g/mol. The van der Waals surface area contributed by atoms with Crippen molar-refractivity contribution in [1.29, 1.82) is 0 Å². The maximum absolute atomic E-state index is 12.7. The molecule has 1 aliphatic carbocycles. The third-order valence-electron chi connectivity index (χ3n) is 5.40. The van der Waals surface area contributed by atoms with Crippen molar-refractivity contribution in [1.82, 2.24) is 4.98 Å². The van der Waals surface area contributed by atoms with E-state index in [2.05, 4.69) is 22.5 Å². The van der Waals surface area contributed by atoms with Gasteiger partial charge in [0.25, 0.3) is 5.91 Å².